The van der Waals surface area contributed by atoms with Gasteiger partial charge in [0, 0.05) is 31.5 Å². The zero-order valence-electron chi connectivity index (χ0n) is 13.9. The maximum atomic E-state index is 6.18. The normalized spacial score (nSPS) is 27.1. The van der Waals surface area contributed by atoms with Crippen molar-refractivity contribution in [3.8, 4) is 0 Å². The lowest BCUT2D eigenvalue weighted by molar-refractivity contribution is -0.118. The first-order valence-corrected chi connectivity index (χ1v) is 8.80. The van der Waals surface area contributed by atoms with Crippen molar-refractivity contribution in [3.63, 3.8) is 0 Å². The summed E-state index contributed by atoms with van der Waals surface area (Å²) in [6.45, 7) is 3.44. The number of ether oxygens (including phenoxy) is 2. The van der Waals surface area contributed by atoms with Gasteiger partial charge in [-0.3, -0.25) is 9.88 Å². The second-order valence-electron chi connectivity index (χ2n) is 6.64. The highest BCUT2D eigenvalue weighted by molar-refractivity contribution is 5.15. The first-order chi connectivity index (χ1) is 11.9. The van der Waals surface area contributed by atoms with Gasteiger partial charge < -0.3 is 9.47 Å². The number of aromatic nitrogens is 1. The summed E-state index contributed by atoms with van der Waals surface area (Å²) in [6.07, 6.45) is 6.25. The molecular weight excluding hydrogens is 300 g/mol. The first kappa shape index (κ1) is 15.8. The SMILES string of the molecule is c1ccc(CN2CCO[C@@H]3[C@H]2CC[C@H]3OCc2ccncc2)cc1. The summed E-state index contributed by atoms with van der Waals surface area (Å²) in [5.74, 6) is 0. The number of hydrogen-bond donors (Lipinski definition) is 0. The predicted molar refractivity (Wildman–Crippen MR) is 92.4 cm³/mol. The molecule has 1 saturated carbocycles. The third-order valence-electron chi connectivity index (χ3n) is 5.09. The van der Waals surface area contributed by atoms with Crippen molar-refractivity contribution >= 4 is 0 Å². The smallest absolute Gasteiger partial charge is 0.0992 e. The second-order valence-corrected chi connectivity index (χ2v) is 6.64. The Labute approximate surface area is 143 Å². The van der Waals surface area contributed by atoms with Gasteiger partial charge in [-0.25, -0.2) is 0 Å². The Balaban J connectivity index is 1.37. The van der Waals surface area contributed by atoms with Crippen molar-refractivity contribution in [3.05, 3.63) is 66.0 Å². The summed E-state index contributed by atoms with van der Waals surface area (Å²) in [5.41, 5.74) is 2.55. The quantitative estimate of drug-likeness (QED) is 0.847. The van der Waals surface area contributed by atoms with Crippen LogP contribution < -0.4 is 0 Å². The van der Waals surface area contributed by atoms with E-state index in [4.69, 9.17) is 9.47 Å². The molecule has 0 spiro atoms. The Morgan fingerprint density at radius 3 is 2.71 bits per heavy atom. The van der Waals surface area contributed by atoms with E-state index in [9.17, 15) is 0 Å². The van der Waals surface area contributed by atoms with Crippen LogP contribution in [0.4, 0.5) is 0 Å². The standard InChI is InChI=1S/C20H24N2O2/c1-2-4-16(5-3-1)14-22-12-13-23-20-18(22)6-7-19(20)24-15-17-8-10-21-11-9-17/h1-5,8-11,18-20H,6-7,12-15H2/t18-,19-,20-/m1/s1. The molecule has 1 aliphatic heterocycles. The molecule has 4 nitrogen and oxygen atoms in total. The maximum Gasteiger partial charge on any atom is 0.0992 e. The van der Waals surface area contributed by atoms with E-state index in [0.29, 0.717) is 12.6 Å². The number of benzene rings is 1. The average molecular weight is 324 g/mol. The van der Waals surface area contributed by atoms with E-state index in [0.717, 1.165) is 32.5 Å². The Morgan fingerprint density at radius 1 is 1.04 bits per heavy atom. The number of rotatable bonds is 5. The summed E-state index contributed by atoms with van der Waals surface area (Å²) < 4.78 is 12.3. The van der Waals surface area contributed by atoms with E-state index in [1.165, 1.54) is 11.1 Å². The van der Waals surface area contributed by atoms with Crippen LogP contribution in [0.2, 0.25) is 0 Å². The van der Waals surface area contributed by atoms with Crippen LogP contribution in [0, 0.1) is 0 Å². The fraction of sp³-hybridized carbons (Fsp3) is 0.450. The summed E-state index contributed by atoms with van der Waals surface area (Å²) in [5, 5.41) is 0. The minimum Gasteiger partial charge on any atom is -0.373 e. The van der Waals surface area contributed by atoms with Gasteiger partial charge in [0.2, 0.25) is 0 Å². The van der Waals surface area contributed by atoms with Gasteiger partial charge in [0.15, 0.2) is 0 Å². The largest absolute Gasteiger partial charge is 0.373 e. The van der Waals surface area contributed by atoms with E-state index in [1.54, 1.807) is 0 Å². The average Bonchev–Trinajstić information content (AvgIpc) is 3.06. The molecule has 1 aliphatic carbocycles. The van der Waals surface area contributed by atoms with Gasteiger partial charge in [-0.2, -0.15) is 0 Å². The highest BCUT2D eigenvalue weighted by Crippen LogP contribution is 2.33. The van der Waals surface area contributed by atoms with E-state index in [-0.39, 0.29) is 12.2 Å². The molecule has 0 unspecified atom stereocenters. The summed E-state index contributed by atoms with van der Waals surface area (Å²) >= 11 is 0. The number of nitrogens with zero attached hydrogens (tertiary/aromatic N) is 2. The number of morpholine rings is 1. The molecule has 1 aromatic heterocycles. The van der Waals surface area contributed by atoms with Gasteiger partial charge in [-0.05, 0) is 36.1 Å². The van der Waals surface area contributed by atoms with Crippen molar-refractivity contribution in [2.45, 2.75) is 44.2 Å². The molecule has 126 valence electrons. The van der Waals surface area contributed by atoms with Gasteiger partial charge in [0.1, 0.15) is 0 Å². The van der Waals surface area contributed by atoms with E-state index in [2.05, 4.69) is 40.2 Å². The number of pyridine rings is 1. The number of hydrogen-bond acceptors (Lipinski definition) is 4. The Kier molecular flexibility index (Phi) is 4.88. The van der Waals surface area contributed by atoms with Crippen LogP contribution in [0.25, 0.3) is 0 Å². The third kappa shape index (κ3) is 3.51. The minimum atomic E-state index is 0.196. The van der Waals surface area contributed by atoms with Gasteiger partial charge in [0.05, 0.1) is 25.4 Å². The minimum absolute atomic E-state index is 0.196. The van der Waals surface area contributed by atoms with Crippen molar-refractivity contribution in [1.29, 1.82) is 0 Å². The van der Waals surface area contributed by atoms with Crippen LogP contribution in [0.15, 0.2) is 54.9 Å². The van der Waals surface area contributed by atoms with Crippen LogP contribution in [-0.4, -0.2) is 41.3 Å². The van der Waals surface area contributed by atoms with Crippen LogP contribution >= 0.6 is 0 Å². The summed E-state index contributed by atoms with van der Waals surface area (Å²) in [6, 6.07) is 15.2. The molecule has 4 heteroatoms. The second kappa shape index (κ2) is 7.43. The molecule has 0 amide bonds. The van der Waals surface area contributed by atoms with Crippen molar-refractivity contribution in [2.75, 3.05) is 13.2 Å². The van der Waals surface area contributed by atoms with Gasteiger partial charge in [-0.1, -0.05) is 30.3 Å². The molecule has 24 heavy (non-hydrogen) atoms. The van der Waals surface area contributed by atoms with Crippen molar-refractivity contribution in [2.24, 2.45) is 0 Å². The van der Waals surface area contributed by atoms with E-state index >= 15 is 0 Å². The zero-order valence-corrected chi connectivity index (χ0v) is 13.9. The monoisotopic (exact) mass is 324 g/mol. The Morgan fingerprint density at radius 2 is 1.88 bits per heavy atom. The first-order valence-electron chi connectivity index (χ1n) is 8.80. The molecule has 2 aromatic rings. The van der Waals surface area contributed by atoms with E-state index in [1.807, 2.05) is 24.5 Å². The fourth-order valence-electron chi connectivity index (χ4n) is 3.87. The van der Waals surface area contributed by atoms with Gasteiger partial charge in [0.25, 0.3) is 0 Å². The molecule has 4 rings (SSSR count). The summed E-state index contributed by atoms with van der Waals surface area (Å²) in [4.78, 5) is 6.62. The molecule has 0 radical (unpaired) electrons. The molecule has 2 aliphatic rings. The molecule has 2 fully saturated rings. The van der Waals surface area contributed by atoms with Crippen LogP contribution in [0.5, 0.6) is 0 Å². The van der Waals surface area contributed by atoms with Crippen LogP contribution in [0.1, 0.15) is 24.0 Å². The topological polar surface area (TPSA) is 34.6 Å². The molecule has 3 atom stereocenters. The van der Waals surface area contributed by atoms with Gasteiger partial charge >= 0.3 is 0 Å². The Bertz CT molecular complexity index is 635. The molecule has 1 saturated heterocycles. The zero-order chi connectivity index (χ0) is 16.2. The predicted octanol–water partition coefficient (Wildman–Crippen LogP) is 3.03. The van der Waals surface area contributed by atoms with Crippen molar-refractivity contribution < 1.29 is 9.47 Å². The summed E-state index contributed by atoms with van der Waals surface area (Å²) in [7, 11) is 0. The highest BCUT2D eigenvalue weighted by Gasteiger charge is 2.43. The molecule has 0 N–H and O–H groups in total. The van der Waals surface area contributed by atoms with E-state index < -0.39 is 0 Å². The number of fused-ring (bicyclic) bond motifs is 1. The van der Waals surface area contributed by atoms with Crippen LogP contribution in [-0.2, 0) is 22.6 Å². The lowest BCUT2D eigenvalue weighted by atomic mass is 10.1. The lowest BCUT2D eigenvalue weighted by Gasteiger charge is -2.39. The van der Waals surface area contributed by atoms with Crippen molar-refractivity contribution in [1.82, 2.24) is 9.88 Å². The highest BCUT2D eigenvalue weighted by atomic mass is 16.5. The maximum absolute atomic E-state index is 6.18. The molecule has 2 heterocycles. The lowest BCUT2D eigenvalue weighted by Crippen LogP contribution is -2.51. The van der Waals surface area contributed by atoms with Crippen LogP contribution in [0.3, 0.4) is 0 Å². The Hall–Kier alpha value is -1.75. The fourth-order valence-corrected chi connectivity index (χ4v) is 3.87. The molecule has 1 aromatic carbocycles. The molecule has 0 bridgehead atoms. The molecular formula is C20H24N2O2. The third-order valence-corrected chi connectivity index (χ3v) is 5.09. The van der Waals surface area contributed by atoms with Gasteiger partial charge in [-0.15, -0.1) is 0 Å².